The summed E-state index contributed by atoms with van der Waals surface area (Å²) in [6.45, 7) is 8.93. The minimum atomic E-state index is 1.07. The Bertz CT molecular complexity index is 2100. The third-order valence-electron chi connectivity index (χ3n) is 10.6. The van der Waals surface area contributed by atoms with Crippen LogP contribution in [0.4, 0.5) is 34.1 Å². The summed E-state index contributed by atoms with van der Waals surface area (Å²) in [6, 6.07) is 62.3. The molecule has 0 aliphatic carbocycles. The quantitative estimate of drug-likeness (QED) is 0.111. The van der Waals surface area contributed by atoms with Gasteiger partial charge in [0.25, 0.3) is 0 Å². The normalized spacial score (nSPS) is 11.0. The molecule has 0 amide bonds. The average Bonchev–Trinajstić information content (AvgIpc) is 3.22. The van der Waals surface area contributed by atoms with Crippen molar-refractivity contribution in [2.75, 3.05) is 9.80 Å². The number of para-hydroxylation sites is 4. The Morgan fingerprint density at radius 1 is 0.333 bits per heavy atom. The lowest BCUT2D eigenvalue weighted by Crippen LogP contribution is -2.13. The zero-order valence-corrected chi connectivity index (χ0v) is 32.3. The monoisotopic (exact) mass is 704 g/mol. The van der Waals surface area contributed by atoms with Gasteiger partial charge in [-0.05, 0) is 133 Å². The molecular weight excluding hydrogens is 653 g/mol. The second-order valence-electron chi connectivity index (χ2n) is 14.4. The van der Waals surface area contributed by atoms with Gasteiger partial charge in [0.1, 0.15) is 0 Å². The maximum atomic E-state index is 2.43. The minimum absolute atomic E-state index is 1.07. The van der Waals surface area contributed by atoms with Crippen molar-refractivity contribution in [1.82, 2.24) is 0 Å². The van der Waals surface area contributed by atoms with Crippen LogP contribution in [0.15, 0.2) is 170 Å². The Balaban J connectivity index is 1.16. The van der Waals surface area contributed by atoms with Crippen molar-refractivity contribution in [2.24, 2.45) is 0 Å². The van der Waals surface area contributed by atoms with Crippen LogP contribution in [0.2, 0.25) is 0 Å². The molecule has 0 unspecified atom stereocenters. The van der Waals surface area contributed by atoms with Crippen LogP contribution in [0.5, 0.6) is 0 Å². The molecule has 2 heteroatoms. The first-order chi connectivity index (χ1) is 26.6. The maximum absolute atomic E-state index is 2.43. The van der Waals surface area contributed by atoms with Gasteiger partial charge in [-0.2, -0.15) is 0 Å². The molecule has 2 nitrogen and oxygen atoms in total. The van der Waals surface area contributed by atoms with E-state index in [1.807, 2.05) is 0 Å². The lowest BCUT2D eigenvalue weighted by Gasteiger charge is -2.29. The van der Waals surface area contributed by atoms with Gasteiger partial charge in [-0.25, -0.2) is 0 Å². The molecule has 0 spiro atoms. The molecule has 0 N–H and O–H groups in total. The molecule has 270 valence electrons. The predicted octanol–water partition coefficient (Wildman–Crippen LogP) is 15.3. The van der Waals surface area contributed by atoms with Crippen LogP contribution >= 0.6 is 0 Å². The van der Waals surface area contributed by atoms with Crippen LogP contribution in [-0.4, -0.2) is 0 Å². The van der Waals surface area contributed by atoms with Gasteiger partial charge >= 0.3 is 0 Å². The van der Waals surface area contributed by atoms with Crippen molar-refractivity contribution in [2.45, 2.75) is 66.2 Å². The van der Waals surface area contributed by atoms with Crippen molar-refractivity contribution in [3.05, 3.63) is 192 Å². The lowest BCUT2D eigenvalue weighted by atomic mass is 9.99. The van der Waals surface area contributed by atoms with E-state index in [0.29, 0.717) is 0 Å². The highest BCUT2D eigenvalue weighted by Gasteiger charge is 2.19. The van der Waals surface area contributed by atoms with Gasteiger partial charge in [0.2, 0.25) is 0 Å². The first-order valence-corrected chi connectivity index (χ1v) is 19.7. The molecular formula is C52H52N2. The largest absolute Gasteiger partial charge is 0.310 e. The molecule has 7 aromatic rings. The molecule has 54 heavy (non-hydrogen) atoms. The number of rotatable bonds is 14. The van der Waals surface area contributed by atoms with Crippen LogP contribution in [-0.2, 0) is 12.8 Å². The van der Waals surface area contributed by atoms with Crippen molar-refractivity contribution in [1.29, 1.82) is 0 Å². The molecule has 7 rings (SSSR count). The highest BCUT2D eigenvalue weighted by molar-refractivity contribution is 5.83. The Morgan fingerprint density at radius 3 is 0.963 bits per heavy atom. The first-order valence-electron chi connectivity index (χ1n) is 19.7. The van der Waals surface area contributed by atoms with E-state index < -0.39 is 0 Å². The summed E-state index contributed by atoms with van der Waals surface area (Å²) < 4.78 is 0. The minimum Gasteiger partial charge on any atom is -0.310 e. The van der Waals surface area contributed by atoms with E-state index in [-0.39, 0.29) is 0 Å². The van der Waals surface area contributed by atoms with Crippen molar-refractivity contribution >= 4 is 34.1 Å². The molecule has 0 fully saturated rings. The van der Waals surface area contributed by atoms with E-state index in [1.54, 1.807) is 0 Å². The SMILES string of the molecule is CCCCc1ccccc1N(c1ccc(-c2ccc(-c3ccc(N(c4ccccc4C)c4ccccc4CCCC)cc3)cc2)cc1)c1ccccc1C. The number of anilines is 6. The fraction of sp³-hybridized carbons (Fsp3) is 0.192. The molecule has 0 aromatic heterocycles. The number of hydrogen-bond donors (Lipinski definition) is 0. The Labute approximate surface area is 323 Å². The topological polar surface area (TPSA) is 6.48 Å². The van der Waals surface area contributed by atoms with Crippen LogP contribution in [0, 0.1) is 13.8 Å². The van der Waals surface area contributed by atoms with Crippen LogP contribution in [0.25, 0.3) is 22.3 Å². The Hall–Kier alpha value is -5.86. The highest BCUT2D eigenvalue weighted by atomic mass is 15.2. The summed E-state index contributed by atoms with van der Waals surface area (Å²) in [5, 5.41) is 0. The summed E-state index contributed by atoms with van der Waals surface area (Å²) in [5.74, 6) is 0. The summed E-state index contributed by atoms with van der Waals surface area (Å²) in [7, 11) is 0. The third-order valence-corrected chi connectivity index (χ3v) is 10.6. The molecule has 7 aromatic carbocycles. The molecule has 0 heterocycles. The lowest BCUT2D eigenvalue weighted by molar-refractivity contribution is 0.794. The van der Waals surface area contributed by atoms with Gasteiger partial charge in [0.05, 0.1) is 0 Å². The zero-order valence-electron chi connectivity index (χ0n) is 32.3. The Morgan fingerprint density at radius 2 is 0.630 bits per heavy atom. The van der Waals surface area contributed by atoms with Crippen LogP contribution in [0.3, 0.4) is 0 Å². The van der Waals surface area contributed by atoms with E-state index in [9.17, 15) is 0 Å². The molecule has 0 saturated carbocycles. The van der Waals surface area contributed by atoms with Gasteiger partial charge in [0, 0.05) is 34.1 Å². The van der Waals surface area contributed by atoms with Crippen molar-refractivity contribution in [3.63, 3.8) is 0 Å². The molecule has 0 bridgehead atoms. The fourth-order valence-electron chi connectivity index (χ4n) is 7.52. The Kier molecular flexibility index (Phi) is 11.7. The second-order valence-corrected chi connectivity index (χ2v) is 14.4. The van der Waals surface area contributed by atoms with Gasteiger partial charge in [0.15, 0.2) is 0 Å². The number of benzene rings is 7. The number of nitrogens with zero attached hydrogens (tertiary/aromatic N) is 2. The summed E-state index contributed by atoms with van der Waals surface area (Å²) in [4.78, 5) is 4.86. The number of hydrogen-bond acceptors (Lipinski definition) is 2. The van der Waals surface area contributed by atoms with Crippen LogP contribution < -0.4 is 9.80 Å². The van der Waals surface area contributed by atoms with Gasteiger partial charge in [-0.15, -0.1) is 0 Å². The van der Waals surface area contributed by atoms with Gasteiger partial charge < -0.3 is 9.80 Å². The number of unbranched alkanes of at least 4 members (excludes halogenated alkanes) is 2. The highest BCUT2D eigenvalue weighted by Crippen LogP contribution is 2.41. The summed E-state index contributed by atoms with van der Waals surface area (Å²) in [6.07, 6.45) is 6.85. The zero-order chi connectivity index (χ0) is 37.3. The second kappa shape index (κ2) is 17.3. The van der Waals surface area contributed by atoms with E-state index in [4.69, 9.17) is 0 Å². The van der Waals surface area contributed by atoms with Gasteiger partial charge in [-0.3, -0.25) is 0 Å². The molecule has 0 aliphatic rings. The molecule has 0 atom stereocenters. The van der Waals surface area contributed by atoms with Crippen molar-refractivity contribution in [3.8, 4) is 22.3 Å². The van der Waals surface area contributed by atoms with E-state index in [2.05, 4.69) is 207 Å². The molecule has 0 radical (unpaired) electrons. The van der Waals surface area contributed by atoms with E-state index in [0.717, 1.165) is 12.8 Å². The van der Waals surface area contributed by atoms with E-state index >= 15 is 0 Å². The average molecular weight is 705 g/mol. The summed E-state index contributed by atoms with van der Waals surface area (Å²) >= 11 is 0. The maximum Gasteiger partial charge on any atom is 0.0493 e. The standard InChI is InChI=1S/C52H52N2/c1-5-7-19-45-21-11-15-25-51(45)53(49-23-13-9-17-39(49)3)47-35-31-43(32-36-47)41-27-29-42(30-28-41)44-33-37-48(38-34-44)54(50-24-14-10-18-40(50)4)52-26-16-12-22-46(52)20-8-6-2/h9-18,21-38H,5-8,19-20H2,1-4H3. The first kappa shape index (κ1) is 36.5. The number of aryl methyl sites for hydroxylation is 4. The molecule has 0 saturated heterocycles. The molecule has 0 aliphatic heterocycles. The van der Waals surface area contributed by atoms with Crippen LogP contribution in [0.1, 0.15) is 61.8 Å². The van der Waals surface area contributed by atoms with Gasteiger partial charge in [-0.1, -0.05) is 148 Å². The van der Waals surface area contributed by atoms with E-state index in [1.165, 1.54) is 104 Å². The predicted molar refractivity (Wildman–Crippen MR) is 233 cm³/mol. The van der Waals surface area contributed by atoms with Crippen molar-refractivity contribution < 1.29 is 0 Å². The smallest absolute Gasteiger partial charge is 0.0493 e. The fourth-order valence-corrected chi connectivity index (χ4v) is 7.52. The summed E-state index contributed by atoms with van der Waals surface area (Å²) in [5.41, 5.74) is 17.4. The third kappa shape index (κ3) is 8.04.